The summed E-state index contributed by atoms with van der Waals surface area (Å²) in [5.41, 5.74) is 0. The third-order valence-corrected chi connectivity index (χ3v) is 1.58. The molecule has 2 atom stereocenters. The second-order valence-electron chi connectivity index (χ2n) is 1.94. The molecule has 2 saturated heterocycles. The van der Waals surface area contributed by atoms with Crippen LogP contribution in [-0.4, -0.2) is 24.0 Å². The molecule has 0 aromatic rings. The van der Waals surface area contributed by atoms with Gasteiger partial charge in [-0.3, -0.25) is 4.90 Å². The molecule has 2 aliphatic rings. The van der Waals surface area contributed by atoms with Crippen LogP contribution in [0.5, 0.6) is 0 Å². The molecule has 1 nitrogen and oxygen atoms in total. The molecule has 2 aliphatic heterocycles. The van der Waals surface area contributed by atoms with Crippen molar-refractivity contribution >= 4 is 0 Å². The first-order valence-corrected chi connectivity index (χ1v) is 2.21. The highest BCUT2D eigenvalue weighted by Gasteiger charge is 2.41. The molecule has 0 radical (unpaired) electrons. The minimum Gasteiger partial charge on any atom is -0.297 e. The first kappa shape index (κ1) is 2.19. The highest BCUT2D eigenvalue weighted by atomic mass is 15.4. The average molecular weight is 69.1 g/mol. The molecule has 0 aliphatic carbocycles. The van der Waals surface area contributed by atoms with Gasteiger partial charge in [0, 0.05) is 19.1 Å². The van der Waals surface area contributed by atoms with Crippen molar-refractivity contribution in [3.8, 4) is 0 Å². The van der Waals surface area contributed by atoms with Crippen molar-refractivity contribution in [3.63, 3.8) is 0 Å². The summed E-state index contributed by atoms with van der Waals surface area (Å²) in [7, 11) is 0. The van der Waals surface area contributed by atoms with Crippen molar-refractivity contribution in [1.29, 1.82) is 0 Å². The van der Waals surface area contributed by atoms with Gasteiger partial charge in [0.1, 0.15) is 0 Å². The number of hydrogen-bond donors (Lipinski definition) is 0. The lowest BCUT2D eigenvalue weighted by atomic mass is 10.3. The van der Waals surface area contributed by atoms with Crippen LogP contribution in [0.15, 0.2) is 0 Å². The van der Waals surface area contributed by atoms with Crippen LogP contribution in [0.2, 0.25) is 0 Å². The summed E-state index contributed by atoms with van der Waals surface area (Å²) in [5.74, 6) is 0. The summed E-state index contributed by atoms with van der Waals surface area (Å²) in [6.07, 6.45) is 1.49. The maximum atomic E-state index is 2.47. The molecule has 0 spiro atoms. The van der Waals surface area contributed by atoms with Crippen LogP contribution in [0, 0.1) is 0 Å². The lowest BCUT2D eigenvalue weighted by Crippen LogP contribution is -2.16. The van der Waals surface area contributed by atoms with E-state index in [1.807, 2.05) is 0 Å². The Balaban J connectivity index is 2.19. The van der Waals surface area contributed by atoms with Crippen molar-refractivity contribution in [1.82, 2.24) is 4.90 Å². The van der Waals surface area contributed by atoms with Gasteiger partial charge in [0.2, 0.25) is 0 Å². The maximum absolute atomic E-state index is 2.47. The van der Waals surface area contributed by atoms with E-state index in [1.165, 1.54) is 19.5 Å². The minimum absolute atomic E-state index is 1.06. The normalized spacial score (nSPS) is 57.6. The van der Waals surface area contributed by atoms with Gasteiger partial charge in [-0.25, -0.2) is 0 Å². The topological polar surface area (TPSA) is 3.01 Å². The van der Waals surface area contributed by atoms with Gasteiger partial charge in [0.05, 0.1) is 0 Å². The summed E-state index contributed by atoms with van der Waals surface area (Å²) in [5, 5.41) is 0. The number of nitrogens with zero attached hydrogens (tertiary/aromatic N) is 1. The Morgan fingerprint density at radius 3 is 2.40 bits per heavy atom. The lowest BCUT2D eigenvalue weighted by Gasteiger charge is -2.08. The molecule has 5 heavy (non-hydrogen) atoms. The molecule has 0 aromatic carbocycles. The third kappa shape index (κ3) is 0.127. The second-order valence-corrected chi connectivity index (χ2v) is 1.94. The summed E-state index contributed by atoms with van der Waals surface area (Å²) >= 11 is 0. The zero-order valence-corrected chi connectivity index (χ0v) is 3.15. The Labute approximate surface area is 31.6 Å². The summed E-state index contributed by atoms with van der Waals surface area (Å²) in [6.45, 7) is 2.81. The third-order valence-electron chi connectivity index (χ3n) is 1.58. The van der Waals surface area contributed by atoms with Crippen LogP contribution in [0.25, 0.3) is 0 Å². The van der Waals surface area contributed by atoms with Crippen LogP contribution in [-0.2, 0) is 0 Å². The van der Waals surface area contributed by atoms with Crippen molar-refractivity contribution in [2.24, 2.45) is 0 Å². The van der Waals surface area contributed by atoms with E-state index in [-0.39, 0.29) is 0 Å². The zero-order valence-electron chi connectivity index (χ0n) is 3.15. The van der Waals surface area contributed by atoms with E-state index in [0.29, 0.717) is 0 Å². The first-order chi connectivity index (χ1) is 2.47. The molecule has 2 rings (SSSR count). The summed E-state index contributed by atoms with van der Waals surface area (Å²) in [4.78, 5) is 2.47. The molecule has 28 valence electrons. The summed E-state index contributed by atoms with van der Waals surface area (Å²) < 4.78 is 0. The van der Waals surface area contributed by atoms with E-state index in [4.69, 9.17) is 0 Å². The second kappa shape index (κ2) is 0.432. The molecule has 1 unspecified atom stereocenters. The predicted octanol–water partition coefficient (Wildman–Crippen LogP) is 0.0743. The van der Waals surface area contributed by atoms with E-state index >= 15 is 0 Å². The predicted molar refractivity (Wildman–Crippen MR) is 20.0 cm³/mol. The van der Waals surface area contributed by atoms with Gasteiger partial charge < -0.3 is 0 Å². The molecule has 0 N–H and O–H groups in total. The van der Waals surface area contributed by atoms with Crippen LogP contribution in [0.4, 0.5) is 0 Å². The van der Waals surface area contributed by atoms with E-state index < -0.39 is 0 Å². The Hall–Kier alpha value is -0.0400. The number of rotatable bonds is 0. The summed E-state index contributed by atoms with van der Waals surface area (Å²) in [6, 6.07) is 1.06. The zero-order chi connectivity index (χ0) is 3.28. The fourth-order valence-corrected chi connectivity index (χ4v) is 0.900. The fraction of sp³-hybridized carbons (Fsp3) is 1.00. The van der Waals surface area contributed by atoms with Gasteiger partial charge in [-0.05, 0) is 6.42 Å². The molecule has 1 heteroatoms. The molecule has 0 bridgehead atoms. The lowest BCUT2D eigenvalue weighted by molar-refractivity contribution is 0.382. The molecule has 0 amide bonds. The van der Waals surface area contributed by atoms with Gasteiger partial charge in [0.15, 0.2) is 0 Å². The highest BCUT2D eigenvalue weighted by Crippen LogP contribution is 2.30. The standard InChI is InChI=1S/C4H7N/c1-2-5-3-4(1)5/h4H,1-3H2/t4-,5?/m1/s1. The molecular formula is C4H7N. The van der Waals surface area contributed by atoms with Gasteiger partial charge in [0.25, 0.3) is 0 Å². The van der Waals surface area contributed by atoms with Gasteiger partial charge in [-0.1, -0.05) is 0 Å². The maximum Gasteiger partial charge on any atom is 0.0236 e. The Kier molecular flexibility index (Phi) is 0.189. The van der Waals surface area contributed by atoms with E-state index in [0.717, 1.165) is 6.04 Å². The van der Waals surface area contributed by atoms with E-state index in [9.17, 15) is 0 Å². The fourth-order valence-electron chi connectivity index (χ4n) is 0.900. The van der Waals surface area contributed by atoms with Crippen molar-refractivity contribution in [2.45, 2.75) is 12.5 Å². The van der Waals surface area contributed by atoms with Crippen LogP contribution < -0.4 is 0 Å². The van der Waals surface area contributed by atoms with E-state index in [1.54, 1.807) is 0 Å². The Morgan fingerprint density at radius 1 is 1.60 bits per heavy atom. The van der Waals surface area contributed by atoms with Crippen LogP contribution in [0.3, 0.4) is 0 Å². The molecule has 2 heterocycles. The van der Waals surface area contributed by atoms with Gasteiger partial charge >= 0.3 is 0 Å². The average Bonchev–Trinajstić information content (AvgIpc) is 1.74. The molecule has 2 fully saturated rings. The first-order valence-electron chi connectivity index (χ1n) is 2.21. The smallest absolute Gasteiger partial charge is 0.0236 e. The van der Waals surface area contributed by atoms with Crippen molar-refractivity contribution < 1.29 is 0 Å². The van der Waals surface area contributed by atoms with Crippen LogP contribution >= 0.6 is 0 Å². The van der Waals surface area contributed by atoms with E-state index in [2.05, 4.69) is 4.90 Å². The molecular weight excluding hydrogens is 62.1 g/mol. The van der Waals surface area contributed by atoms with Gasteiger partial charge in [-0.15, -0.1) is 0 Å². The Bertz CT molecular complexity index is 48.7. The quantitative estimate of drug-likeness (QED) is 0.364. The van der Waals surface area contributed by atoms with Crippen LogP contribution in [0.1, 0.15) is 6.42 Å². The largest absolute Gasteiger partial charge is 0.297 e. The highest BCUT2D eigenvalue weighted by molar-refractivity contribution is 4.98. The SMILES string of the molecule is C1CN2C[C@@H]12. The van der Waals surface area contributed by atoms with Crippen molar-refractivity contribution in [3.05, 3.63) is 0 Å². The van der Waals surface area contributed by atoms with Crippen molar-refractivity contribution in [2.75, 3.05) is 13.1 Å². The number of fused-ring (bicyclic) bond motifs is 1. The molecule has 0 aromatic heterocycles. The molecule has 0 saturated carbocycles. The van der Waals surface area contributed by atoms with Gasteiger partial charge in [-0.2, -0.15) is 0 Å². The minimum atomic E-state index is 1.06. The Morgan fingerprint density at radius 2 is 2.40 bits per heavy atom. The monoisotopic (exact) mass is 69.1 g/mol. The number of hydrogen-bond acceptors (Lipinski definition) is 1.